The van der Waals surface area contributed by atoms with Gasteiger partial charge >= 0.3 is 11.9 Å². The highest BCUT2D eigenvalue weighted by Gasteiger charge is 2.13. The van der Waals surface area contributed by atoms with Crippen molar-refractivity contribution in [2.24, 2.45) is 0 Å². The zero-order valence-electron chi connectivity index (χ0n) is 16.7. The van der Waals surface area contributed by atoms with E-state index in [4.69, 9.17) is 9.47 Å². The van der Waals surface area contributed by atoms with E-state index in [0.29, 0.717) is 16.9 Å². The highest BCUT2D eigenvalue weighted by Crippen LogP contribution is 2.32. The van der Waals surface area contributed by atoms with Crippen LogP contribution < -0.4 is 9.47 Å². The van der Waals surface area contributed by atoms with E-state index in [0.717, 1.165) is 29.3 Å². The molecule has 0 aliphatic heterocycles. The topological polar surface area (TPSA) is 52.6 Å². The van der Waals surface area contributed by atoms with Gasteiger partial charge in [0.25, 0.3) is 0 Å². The molecule has 0 aliphatic rings. The lowest BCUT2D eigenvalue weighted by Crippen LogP contribution is -2.04. The molecule has 0 spiro atoms. The Balaban J connectivity index is 1.89. The van der Waals surface area contributed by atoms with Crippen LogP contribution >= 0.6 is 0 Å². The van der Waals surface area contributed by atoms with Crippen LogP contribution in [0.15, 0.2) is 79.9 Å². The second-order valence-corrected chi connectivity index (χ2v) is 6.57. The van der Waals surface area contributed by atoms with Crippen molar-refractivity contribution in [3.8, 4) is 33.8 Å². The van der Waals surface area contributed by atoms with E-state index in [1.54, 1.807) is 30.3 Å². The summed E-state index contributed by atoms with van der Waals surface area (Å²) < 4.78 is 39.0. The smallest absolute Gasteiger partial charge is 0.335 e. The van der Waals surface area contributed by atoms with Gasteiger partial charge in [-0.2, -0.15) is 0 Å². The van der Waals surface area contributed by atoms with Gasteiger partial charge in [0.1, 0.15) is 11.6 Å². The van der Waals surface area contributed by atoms with Gasteiger partial charge in [-0.25, -0.2) is 18.4 Å². The predicted octanol–water partition coefficient (Wildman–Crippen LogP) is 5.79. The number of esters is 2. The largest absolute Gasteiger partial charge is 0.423 e. The van der Waals surface area contributed by atoms with E-state index >= 15 is 0 Å². The zero-order chi connectivity index (χ0) is 22.5. The van der Waals surface area contributed by atoms with Crippen LogP contribution in [0.4, 0.5) is 8.78 Å². The fourth-order valence-corrected chi connectivity index (χ4v) is 3.00. The Labute approximate surface area is 178 Å². The molecule has 3 aromatic rings. The maximum atomic E-state index is 14.8. The van der Waals surface area contributed by atoms with Crippen molar-refractivity contribution >= 4 is 11.9 Å². The molecular weight excluding hydrogens is 402 g/mol. The highest BCUT2D eigenvalue weighted by molar-refractivity contribution is 5.84. The summed E-state index contributed by atoms with van der Waals surface area (Å²) in [6.45, 7) is 8.41. The van der Waals surface area contributed by atoms with E-state index in [9.17, 15) is 18.4 Å². The lowest BCUT2D eigenvalue weighted by molar-refractivity contribution is -0.130. The van der Waals surface area contributed by atoms with Gasteiger partial charge in [0, 0.05) is 17.7 Å². The quantitative estimate of drug-likeness (QED) is 0.288. The van der Waals surface area contributed by atoms with Gasteiger partial charge in [-0.15, -0.1) is 0 Å². The average Bonchev–Trinajstić information content (AvgIpc) is 2.75. The first-order chi connectivity index (χ1) is 14.8. The van der Waals surface area contributed by atoms with Gasteiger partial charge in [0.15, 0.2) is 11.6 Å². The average molecular weight is 420 g/mol. The molecule has 3 aromatic carbocycles. The van der Waals surface area contributed by atoms with Gasteiger partial charge in [0.2, 0.25) is 0 Å². The minimum Gasteiger partial charge on any atom is -0.423 e. The zero-order valence-corrected chi connectivity index (χ0v) is 16.7. The van der Waals surface area contributed by atoms with Crippen molar-refractivity contribution in [2.75, 3.05) is 0 Å². The van der Waals surface area contributed by atoms with E-state index in [-0.39, 0.29) is 11.3 Å². The first-order valence-corrected chi connectivity index (χ1v) is 9.21. The summed E-state index contributed by atoms with van der Waals surface area (Å²) in [4.78, 5) is 22.6. The van der Waals surface area contributed by atoms with Gasteiger partial charge in [-0.05, 0) is 59.5 Å². The summed E-state index contributed by atoms with van der Waals surface area (Å²) in [5, 5.41) is 0. The number of carbonyl (C=O) groups excluding carboxylic acids is 2. The van der Waals surface area contributed by atoms with E-state index in [1.165, 1.54) is 18.2 Å². The lowest BCUT2D eigenvalue weighted by Gasteiger charge is -2.11. The van der Waals surface area contributed by atoms with Crippen LogP contribution in [-0.2, 0) is 9.59 Å². The Morgan fingerprint density at radius 2 is 1.35 bits per heavy atom. The van der Waals surface area contributed by atoms with Crippen LogP contribution in [0, 0.1) is 18.6 Å². The number of benzene rings is 3. The van der Waals surface area contributed by atoms with E-state index < -0.39 is 23.6 Å². The van der Waals surface area contributed by atoms with E-state index in [2.05, 4.69) is 13.2 Å². The molecule has 0 saturated heterocycles. The third-order valence-electron chi connectivity index (χ3n) is 4.48. The third-order valence-corrected chi connectivity index (χ3v) is 4.48. The fraction of sp³-hybridized carbons (Fsp3) is 0.0400. The van der Waals surface area contributed by atoms with Crippen molar-refractivity contribution < 1.29 is 27.8 Å². The molecule has 0 aliphatic carbocycles. The normalized spacial score (nSPS) is 10.3. The molecule has 0 amide bonds. The van der Waals surface area contributed by atoms with Crippen molar-refractivity contribution in [1.29, 1.82) is 0 Å². The Morgan fingerprint density at radius 1 is 0.774 bits per heavy atom. The van der Waals surface area contributed by atoms with Gasteiger partial charge in [0.05, 0.1) is 0 Å². The molecule has 31 heavy (non-hydrogen) atoms. The lowest BCUT2D eigenvalue weighted by atomic mass is 9.97. The molecule has 3 rings (SSSR count). The fourth-order valence-electron chi connectivity index (χ4n) is 3.00. The maximum Gasteiger partial charge on any atom is 0.335 e. The molecule has 0 atom stereocenters. The minimum absolute atomic E-state index is 0.193. The molecular formula is C25H18F2O4. The minimum atomic E-state index is -0.795. The summed E-state index contributed by atoms with van der Waals surface area (Å²) in [6, 6.07) is 13.4. The van der Waals surface area contributed by atoms with Crippen LogP contribution in [0.2, 0.25) is 0 Å². The van der Waals surface area contributed by atoms with Crippen molar-refractivity contribution in [3.63, 3.8) is 0 Å². The molecule has 0 bridgehead atoms. The molecule has 0 saturated carbocycles. The monoisotopic (exact) mass is 420 g/mol. The van der Waals surface area contributed by atoms with Crippen LogP contribution in [-0.4, -0.2) is 11.9 Å². The second kappa shape index (κ2) is 9.17. The first-order valence-electron chi connectivity index (χ1n) is 9.21. The summed E-state index contributed by atoms with van der Waals surface area (Å²) >= 11 is 0. The number of halogens is 2. The van der Waals surface area contributed by atoms with Crippen molar-refractivity contribution in [2.45, 2.75) is 6.92 Å². The highest BCUT2D eigenvalue weighted by atomic mass is 19.1. The van der Waals surface area contributed by atoms with E-state index in [1.807, 2.05) is 6.92 Å². The molecule has 0 fully saturated rings. The SMILES string of the molecule is C=CC(=O)Oc1ccc(-c2ccc(-c3ccc(OC(=O)C=C)c(F)c3)c(F)c2)c(C)c1. The van der Waals surface area contributed by atoms with Crippen molar-refractivity contribution in [1.82, 2.24) is 0 Å². The van der Waals surface area contributed by atoms with Crippen molar-refractivity contribution in [3.05, 3.63) is 97.1 Å². The number of aryl methyl sites for hydroxylation is 1. The van der Waals surface area contributed by atoms with Crippen LogP contribution in [0.3, 0.4) is 0 Å². The third kappa shape index (κ3) is 4.93. The molecule has 0 N–H and O–H groups in total. The molecule has 4 nitrogen and oxygen atoms in total. The predicted molar refractivity (Wildman–Crippen MR) is 114 cm³/mol. The van der Waals surface area contributed by atoms with Crippen LogP contribution in [0.5, 0.6) is 11.5 Å². The van der Waals surface area contributed by atoms with Crippen LogP contribution in [0.25, 0.3) is 22.3 Å². The summed E-state index contributed by atoms with van der Waals surface area (Å²) in [6.07, 6.45) is 1.99. The first kappa shape index (κ1) is 21.6. The molecule has 0 aromatic heterocycles. The van der Waals surface area contributed by atoms with Gasteiger partial charge in [-0.1, -0.05) is 37.4 Å². The molecule has 0 unspecified atom stereocenters. The second-order valence-electron chi connectivity index (χ2n) is 6.57. The van der Waals surface area contributed by atoms with Gasteiger partial charge in [-0.3, -0.25) is 0 Å². The Morgan fingerprint density at radius 3 is 1.97 bits per heavy atom. The Hall–Kier alpha value is -4.06. The summed E-state index contributed by atoms with van der Waals surface area (Å²) in [5.41, 5.74) is 2.63. The number of rotatable bonds is 6. The van der Waals surface area contributed by atoms with Crippen LogP contribution in [0.1, 0.15) is 5.56 Å². The summed E-state index contributed by atoms with van der Waals surface area (Å²) in [5.74, 6) is -2.61. The standard InChI is InChI=1S/C25H18F2O4/c1-4-24(28)30-18-8-10-19(15(3)12-18)16-6-9-20(21(26)13-16)17-7-11-23(22(27)14-17)31-25(29)5-2/h4-14H,1-2H2,3H3. The number of carbonyl (C=O) groups is 2. The Kier molecular flexibility index (Phi) is 6.40. The number of hydrogen-bond acceptors (Lipinski definition) is 4. The van der Waals surface area contributed by atoms with Gasteiger partial charge < -0.3 is 9.47 Å². The molecule has 0 heterocycles. The molecule has 0 radical (unpaired) electrons. The molecule has 156 valence electrons. The number of ether oxygens (including phenoxy) is 2. The summed E-state index contributed by atoms with van der Waals surface area (Å²) in [7, 11) is 0. The number of hydrogen-bond donors (Lipinski definition) is 0. The molecule has 6 heteroatoms. The maximum absolute atomic E-state index is 14.8. The Bertz CT molecular complexity index is 1200.